The molecule has 1 fully saturated rings. The zero-order valence-electron chi connectivity index (χ0n) is 15.6. The SMILES string of the molecule is CN(C(=S)NCCc1ccccc1)[C@@]1(c2ccccc2Cl)CCCCC1=O. The number of rotatable bonds is 5. The maximum atomic E-state index is 13.1. The van der Waals surface area contributed by atoms with Crippen molar-refractivity contribution in [1.29, 1.82) is 0 Å². The van der Waals surface area contributed by atoms with Crippen molar-refractivity contribution in [2.75, 3.05) is 13.6 Å². The lowest BCUT2D eigenvalue weighted by Crippen LogP contribution is -2.56. The van der Waals surface area contributed by atoms with Gasteiger partial charge in [0.25, 0.3) is 0 Å². The van der Waals surface area contributed by atoms with Gasteiger partial charge in [-0.1, -0.05) is 60.1 Å². The van der Waals surface area contributed by atoms with E-state index < -0.39 is 5.54 Å². The van der Waals surface area contributed by atoms with E-state index in [9.17, 15) is 4.79 Å². The van der Waals surface area contributed by atoms with Crippen LogP contribution in [0.5, 0.6) is 0 Å². The van der Waals surface area contributed by atoms with Crippen molar-refractivity contribution in [3.05, 3.63) is 70.7 Å². The smallest absolute Gasteiger partial charge is 0.169 e. The zero-order chi connectivity index (χ0) is 19.3. The van der Waals surface area contributed by atoms with E-state index in [1.54, 1.807) is 0 Å². The maximum Gasteiger partial charge on any atom is 0.169 e. The Morgan fingerprint density at radius 2 is 1.85 bits per heavy atom. The first kappa shape index (κ1) is 19.8. The molecule has 3 nitrogen and oxygen atoms in total. The van der Waals surface area contributed by atoms with Gasteiger partial charge in [-0.2, -0.15) is 0 Å². The second kappa shape index (κ2) is 8.85. The molecule has 142 valence electrons. The van der Waals surface area contributed by atoms with E-state index in [2.05, 4.69) is 17.4 Å². The summed E-state index contributed by atoms with van der Waals surface area (Å²) in [6.07, 6.45) is 4.07. The van der Waals surface area contributed by atoms with Crippen LogP contribution in [0.3, 0.4) is 0 Å². The van der Waals surface area contributed by atoms with Crippen LogP contribution in [0.25, 0.3) is 0 Å². The second-order valence-corrected chi connectivity index (χ2v) is 7.79. The molecule has 1 aliphatic rings. The molecular weight excluding hydrogens is 376 g/mol. The number of nitrogens with one attached hydrogen (secondary N) is 1. The highest BCUT2D eigenvalue weighted by Crippen LogP contribution is 2.42. The third-order valence-corrected chi connectivity index (χ3v) is 6.13. The zero-order valence-corrected chi connectivity index (χ0v) is 17.2. The summed E-state index contributed by atoms with van der Waals surface area (Å²) in [5.41, 5.74) is 1.32. The number of likely N-dealkylation sites (N-methyl/N-ethyl adjacent to an activating group) is 1. The summed E-state index contributed by atoms with van der Waals surface area (Å²) < 4.78 is 0. The predicted octanol–water partition coefficient (Wildman–Crippen LogP) is 4.73. The Labute approximate surface area is 171 Å². The standard InChI is InChI=1S/C22H25ClN2OS/c1-25(21(27)24-16-14-17-9-3-2-4-10-17)22(15-8-7-13-20(22)26)18-11-5-6-12-19(18)23/h2-6,9-12H,7-8,13-16H2,1H3,(H,24,27)/t22-/m1/s1. The van der Waals surface area contributed by atoms with Crippen LogP contribution >= 0.6 is 23.8 Å². The van der Waals surface area contributed by atoms with Crippen molar-refractivity contribution in [1.82, 2.24) is 10.2 Å². The fraction of sp³-hybridized carbons (Fsp3) is 0.364. The lowest BCUT2D eigenvalue weighted by atomic mass is 9.74. The summed E-state index contributed by atoms with van der Waals surface area (Å²) in [5.74, 6) is 0.191. The molecule has 1 saturated carbocycles. The van der Waals surface area contributed by atoms with Crippen molar-refractivity contribution in [3.63, 3.8) is 0 Å². The Balaban J connectivity index is 1.79. The number of ketones is 1. The first-order valence-corrected chi connectivity index (χ1v) is 10.2. The van der Waals surface area contributed by atoms with Gasteiger partial charge in [0.2, 0.25) is 0 Å². The van der Waals surface area contributed by atoms with Gasteiger partial charge in [0.15, 0.2) is 10.9 Å². The molecule has 0 amide bonds. The van der Waals surface area contributed by atoms with Gasteiger partial charge in [-0.05, 0) is 49.5 Å². The quantitative estimate of drug-likeness (QED) is 0.735. The Kier molecular flexibility index (Phi) is 6.51. The molecule has 0 unspecified atom stereocenters. The van der Waals surface area contributed by atoms with Crippen LogP contribution in [0.4, 0.5) is 0 Å². The van der Waals surface area contributed by atoms with E-state index in [0.29, 0.717) is 16.6 Å². The maximum absolute atomic E-state index is 13.1. The molecule has 1 N–H and O–H groups in total. The monoisotopic (exact) mass is 400 g/mol. The van der Waals surface area contributed by atoms with E-state index in [4.69, 9.17) is 23.8 Å². The van der Waals surface area contributed by atoms with Gasteiger partial charge in [-0.15, -0.1) is 0 Å². The molecule has 1 atom stereocenters. The van der Waals surface area contributed by atoms with E-state index in [1.807, 2.05) is 54.4 Å². The summed E-state index contributed by atoms with van der Waals surface area (Å²) in [7, 11) is 1.91. The van der Waals surface area contributed by atoms with E-state index >= 15 is 0 Å². The fourth-order valence-electron chi connectivity index (χ4n) is 3.88. The molecule has 0 heterocycles. The van der Waals surface area contributed by atoms with Crippen molar-refractivity contribution in [2.45, 2.75) is 37.6 Å². The molecule has 0 radical (unpaired) electrons. The lowest BCUT2D eigenvalue weighted by Gasteiger charge is -2.45. The predicted molar refractivity (Wildman–Crippen MR) is 115 cm³/mol. The van der Waals surface area contributed by atoms with Crippen molar-refractivity contribution >= 4 is 34.7 Å². The normalized spacial score (nSPS) is 19.6. The van der Waals surface area contributed by atoms with E-state index in [-0.39, 0.29) is 5.78 Å². The molecule has 2 aromatic carbocycles. The van der Waals surface area contributed by atoms with Gasteiger partial charge in [-0.3, -0.25) is 4.79 Å². The minimum absolute atomic E-state index is 0.191. The average Bonchev–Trinajstić information content (AvgIpc) is 2.69. The molecule has 1 aliphatic carbocycles. The Hall–Kier alpha value is -1.91. The number of Topliss-reactive ketones (excluding diaryl/α,β-unsaturated/α-hetero) is 1. The molecule has 0 aliphatic heterocycles. The number of hydrogen-bond donors (Lipinski definition) is 1. The van der Waals surface area contributed by atoms with Crippen LogP contribution in [-0.4, -0.2) is 29.4 Å². The summed E-state index contributed by atoms with van der Waals surface area (Å²) in [5, 5.41) is 4.53. The lowest BCUT2D eigenvalue weighted by molar-refractivity contribution is -0.131. The minimum Gasteiger partial charge on any atom is -0.362 e. The number of benzene rings is 2. The van der Waals surface area contributed by atoms with Crippen LogP contribution in [0.1, 0.15) is 36.8 Å². The Morgan fingerprint density at radius 1 is 1.15 bits per heavy atom. The third-order valence-electron chi connectivity index (χ3n) is 5.38. The molecule has 2 aromatic rings. The Bertz CT molecular complexity index is 811. The molecule has 0 bridgehead atoms. The largest absolute Gasteiger partial charge is 0.362 e. The van der Waals surface area contributed by atoms with Crippen molar-refractivity contribution < 1.29 is 4.79 Å². The van der Waals surface area contributed by atoms with Gasteiger partial charge in [0.05, 0.1) is 0 Å². The number of hydrogen-bond acceptors (Lipinski definition) is 2. The highest BCUT2D eigenvalue weighted by molar-refractivity contribution is 7.80. The number of halogens is 1. The molecule has 27 heavy (non-hydrogen) atoms. The minimum atomic E-state index is -0.784. The van der Waals surface area contributed by atoms with E-state index in [1.165, 1.54) is 5.56 Å². The number of carbonyl (C=O) groups is 1. The number of nitrogens with zero attached hydrogens (tertiary/aromatic N) is 1. The Morgan fingerprint density at radius 3 is 2.56 bits per heavy atom. The second-order valence-electron chi connectivity index (χ2n) is 7.00. The number of thiocarbonyl (C=S) groups is 1. The third kappa shape index (κ3) is 4.17. The van der Waals surface area contributed by atoms with Crippen LogP contribution in [0.2, 0.25) is 5.02 Å². The molecule has 3 rings (SSSR count). The molecule has 0 aromatic heterocycles. The van der Waals surface area contributed by atoms with Crippen LogP contribution in [0.15, 0.2) is 54.6 Å². The molecule has 0 spiro atoms. The summed E-state index contributed by atoms with van der Waals surface area (Å²) in [6, 6.07) is 17.9. The molecule has 0 saturated heterocycles. The van der Waals surface area contributed by atoms with Crippen LogP contribution in [0, 0.1) is 0 Å². The number of carbonyl (C=O) groups excluding carboxylic acids is 1. The topological polar surface area (TPSA) is 32.3 Å². The van der Waals surface area contributed by atoms with Gasteiger partial charge in [0, 0.05) is 30.6 Å². The highest BCUT2D eigenvalue weighted by atomic mass is 35.5. The first-order valence-electron chi connectivity index (χ1n) is 9.39. The highest BCUT2D eigenvalue weighted by Gasteiger charge is 2.46. The van der Waals surface area contributed by atoms with Gasteiger partial charge in [-0.25, -0.2) is 0 Å². The van der Waals surface area contributed by atoms with Crippen LogP contribution < -0.4 is 5.32 Å². The fourth-order valence-corrected chi connectivity index (χ4v) is 4.43. The van der Waals surface area contributed by atoms with E-state index in [0.717, 1.165) is 37.8 Å². The summed E-state index contributed by atoms with van der Waals surface area (Å²) in [6.45, 7) is 0.722. The van der Waals surface area contributed by atoms with Gasteiger partial charge in [0.1, 0.15) is 5.54 Å². The molecule has 5 heteroatoms. The average molecular weight is 401 g/mol. The summed E-state index contributed by atoms with van der Waals surface area (Å²) >= 11 is 12.2. The molecular formula is C22H25ClN2OS. The van der Waals surface area contributed by atoms with Crippen molar-refractivity contribution in [2.24, 2.45) is 0 Å². The van der Waals surface area contributed by atoms with Gasteiger partial charge >= 0.3 is 0 Å². The van der Waals surface area contributed by atoms with Crippen LogP contribution in [-0.2, 0) is 16.8 Å². The van der Waals surface area contributed by atoms with Gasteiger partial charge < -0.3 is 10.2 Å². The summed E-state index contributed by atoms with van der Waals surface area (Å²) in [4.78, 5) is 15.0. The van der Waals surface area contributed by atoms with Crippen molar-refractivity contribution in [3.8, 4) is 0 Å². The first-order chi connectivity index (χ1) is 13.1.